The lowest BCUT2D eigenvalue weighted by Gasteiger charge is -2.32. The molecular formula is C20H28N2O3. The summed E-state index contributed by atoms with van der Waals surface area (Å²) in [4.78, 5) is 12.2. The molecule has 1 aliphatic heterocycles. The van der Waals surface area contributed by atoms with Crippen LogP contribution in [0.4, 0.5) is 4.79 Å². The Kier molecular flexibility index (Phi) is 6.10. The average Bonchev–Trinajstić information content (AvgIpc) is 3.08. The quantitative estimate of drug-likeness (QED) is 0.719. The van der Waals surface area contributed by atoms with Crippen LogP contribution >= 0.6 is 0 Å². The Labute approximate surface area is 149 Å². The van der Waals surface area contributed by atoms with Gasteiger partial charge in [-0.15, -0.1) is 0 Å². The summed E-state index contributed by atoms with van der Waals surface area (Å²) in [5, 5.41) is 15.1. The minimum Gasteiger partial charge on any atom is -0.396 e. The molecule has 1 fully saturated rings. The second-order valence-electron chi connectivity index (χ2n) is 7.13. The lowest BCUT2D eigenvalue weighted by atomic mass is 9.89. The second kappa shape index (κ2) is 8.50. The van der Waals surface area contributed by atoms with Gasteiger partial charge in [-0.3, -0.25) is 0 Å². The van der Waals surface area contributed by atoms with Crippen molar-refractivity contribution in [1.29, 1.82) is 0 Å². The Morgan fingerprint density at radius 2 is 2.08 bits per heavy atom. The predicted octanol–water partition coefficient (Wildman–Crippen LogP) is 2.70. The third kappa shape index (κ3) is 4.83. The van der Waals surface area contributed by atoms with Gasteiger partial charge in [0, 0.05) is 37.6 Å². The van der Waals surface area contributed by atoms with Gasteiger partial charge in [-0.1, -0.05) is 42.0 Å². The van der Waals surface area contributed by atoms with Gasteiger partial charge in [0.1, 0.15) is 0 Å². The summed E-state index contributed by atoms with van der Waals surface area (Å²) in [5.74, 6) is 0.439. The molecule has 0 saturated carbocycles. The molecule has 25 heavy (non-hydrogen) atoms. The molecule has 0 spiro atoms. The number of carbonyl (C=O) groups excluding carboxylic acids is 1. The van der Waals surface area contributed by atoms with Crippen molar-refractivity contribution in [3.63, 3.8) is 0 Å². The first-order chi connectivity index (χ1) is 12.2. The summed E-state index contributed by atoms with van der Waals surface area (Å²) < 4.78 is 6.00. The lowest BCUT2D eigenvalue weighted by molar-refractivity contribution is -0.0269. The molecular weight excluding hydrogens is 316 g/mol. The van der Waals surface area contributed by atoms with E-state index in [2.05, 4.69) is 41.8 Å². The Balaban J connectivity index is 1.51. The summed E-state index contributed by atoms with van der Waals surface area (Å²) in [7, 11) is 0. The van der Waals surface area contributed by atoms with E-state index in [0.29, 0.717) is 6.54 Å². The first kappa shape index (κ1) is 18.0. The largest absolute Gasteiger partial charge is 0.396 e. The van der Waals surface area contributed by atoms with Gasteiger partial charge in [-0.05, 0) is 31.7 Å². The minimum absolute atomic E-state index is 0.00708. The van der Waals surface area contributed by atoms with E-state index in [4.69, 9.17) is 9.84 Å². The average molecular weight is 344 g/mol. The molecule has 5 nitrogen and oxygen atoms in total. The van der Waals surface area contributed by atoms with Crippen LogP contribution in [0.1, 0.15) is 36.5 Å². The van der Waals surface area contributed by atoms with Crippen LogP contribution in [0.2, 0.25) is 0 Å². The van der Waals surface area contributed by atoms with Crippen molar-refractivity contribution in [1.82, 2.24) is 10.6 Å². The highest BCUT2D eigenvalue weighted by atomic mass is 16.5. The fraction of sp³-hybridized carbons (Fsp3) is 0.550. The van der Waals surface area contributed by atoms with Crippen molar-refractivity contribution < 1.29 is 14.6 Å². The van der Waals surface area contributed by atoms with Crippen LogP contribution in [-0.4, -0.2) is 36.9 Å². The highest BCUT2D eigenvalue weighted by molar-refractivity contribution is 5.74. The molecule has 0 bridgehead atoms. The van der Waals surface area contributed by atoms with Crippen LogP contribution in [0.25, 0.3) is 0 Å². The van der Waals surface area contributed by atoms with Crippen LogP contribution in [0.15, 0.2) is 36.4 Å². The zero-order valence-electron chi connectivity index (χ0n) is 14.8. The molecule has 5 heteroatoms. The van der Waals surface area contributed by atoms with E-state index in [1.54, 1.807) is 0 Å². The van der Waals surface area contributed by atoms with Crippen LogP contribution < -0.4 is 10.6 Å². The minimum atomic E-state index is -0.151. The molecule has 2 unspecified atom stereocenters. The fourth-order valence-corrected chi connectivity index (χ4v) is 3.64. The summed E-state index contributed by atoms with van der Waals surface area (Å²) in [6.07, 6.45) is 6.81. The third-order valence-electron chi connectivity index (χ3n) is 5.10. The Hall–Kier alpha value is -1.85. The van der Waals surface area contributed by atoms with E-state index in [0.717, 1.165) is 25.9 Å². The number of ether oxygens (including phenoxy) is 1. The maximum atomic E-state index is 12.2. The topological polar surface area (TPSA) is 70.6 Å². The van der Waals surface area contributed by atoms with Gasteiger partial charge in [0.05, 0.1) is 6.10 Å². The number of aryl methyl sites for hydroxylation is 1. The molecule has 1 saturated heterocycles. The number of benzene rings is 1. The molecule has 3 rings (SSSR count). The lowest BCUT2D eigenvalue weighted by Crippen LogP contribution is -2.44. The zero-order chi connectivity index (χ0) is 17.6. The number of urea groups is 1. The Morgan fingerprint density at radius 3 is 2.80 bits per heavy atom. The van der Waals surface area contributed by atoms with E-state index >= 15 is 0 Å². The maximum absolute atomic E-state index is 12.2. The highest BCUT2D eigenvalue weighted by Crippen LogP contribution is 2.33. The molecule has 3 N–H and O–H groups in total. The summed E-state index contributed by atoms with van der Waals surface area (Å²) in [6.45, 7) is 3.59. The van der Waals surface area contributed by atoms with Gasteiger partial charge in [-0.25, -0.2) is 4.79 Å². The van der Waals surface area contributed by atoms with E-state index in [9.17, 15) is 4.79 Å². The van der Waals surface area contributed by atoms with Gasteiger partial charge in [-0.2, -0.15) is 0 Å². The predicted molar refractivity (Wildman–Crippen MR) is 97.3 cm³/mol. The fourth-order valence-electron chi connectivity index (χ4n) is 3.64. The van der Waals surface area contributed by atoms with Crippen LogP contribution in [-0.2, 0) is 4.74 Å². The second-order valence-corrected chi connectivity index (χ2v) is 7.13. The van der Waals surface area contributed by atoms with E-state index in [1.807, 2.05) is 12.2 Å². The Morgan fingerprint density at radius 1 is 1.28 bits per heavy atom. The van der Waals surface area contributed by atoms with Gasteiger partial charge >= 0.3 is 6.03 Å². The van der Waals surface area contributed by atoms with Crippen LogP contribution in [0.5, 0.6) is 0 Å². The molecule has 2 aliphatic rings. The van der Waals surface area contributed by atoms with Gasteiger partial charge in [0.2, 0.25) is 0 Å². The molecule has 4 atom stereocenters. The maximum Gasteiger partial charge on any atom is 0.315 e. The van der Waals surface area contributed by atoms with E-state index < -0.39 is 0 Å². The van der Waals surface area contributed by atoms with Crippen molar-refractivity contribution in [3.8, 4) is 0 Å². The monoisotopic (exact) mass is 344 g/mol. The van der Waals surface area contributed by atoms with Gasteiger partial charge < -0.3 is 20.5 Å². The first-order valence-corrected chi connectivity index (χ1v) is 9.17. The standard InChI is InChI=1S/C20H28N2O3/c1-14-4-7-16(8-5-14)19-17(3-2-10-25-19)12-21-20(24)22-18-9-6-15(11-18)13-23/h4-9,15,17-19,23H,2-3,10-13H2,1H3,(H2,21,22,24)/t15-,17?,18+,19?/m0/s1. The SMILES string of the molecule is Cc1ccc(C2OCCCC2CNC(=O)N[C@@H]2C=C[C@H](CO)C2)cc1. The highest BCUT2D eigenvalue weighted by Gasteiger charge is 2.28. The number of nitrogens with one attached hydrogen (secondary N) is 2. The summed E-state index contributed by atoms with van der Waals surface area (Å²) >= 11 is 0. The van der Waals surface area contributed by atoms with Gasteiger partial charge in [0.15, 0.2) is 0 Å². The molecule has 136 valence electrons. The van der Waals surface area contributed by atoms with Gasteiger partial charge in [0.25, 0.3) is 0 Å². The number of hydrogen-bond acceptors (Lipinski definition) is 3. The number of aliphatic hydroxyl groups is 1. The molecule has 1 aliphatic carbocycles. The van der Waals surface area contributed by atoms with Crippen LogP contribution in [0, 0.1) is 18.8 Å². The van der Waals surface area contributed by atoms with E-state index in [-0.39, 0.29) is 36.6 Å². The number of amides is 2. The summed E-state index contributed by atoms with van der Waals surface area (Å²) in [6, 6.07) is 8.31. The number of carbonyl (C=O) groups is 1. The number of hydrogen-bond donors (Lipinski definition) is 3. The van der Waals surface area contributed by atoms with E-state index in [1.165, 1.54) is 11.1 Å². The molecule has 0 aromatic heterocycles. The van der Waals surface area contributed by atoms with Crippen molar-refractivity contribution in [2.24, 2.45) is 11.8 Å². The third-order valence-corrected chi connectivity index (χ3v) is 5.10. The van der Waals surface area contributed by atoms with Crippen molar-refractivity contribution >= 4 is 6.03 Å². The smallest absolute Gasteiger partial charge is 0.315 e. The molecule has 0 radical (unpaired) electrons. The zero-order valence-corrected chi connectivity index (χ0v) is 14.8. The van der Waals surface area contributed by atoms with Crippen molar-refractivity contribution in [3.05, 3.63) is 47.5 Å². The molecule has 1 aromatic rings. The number of aliphatic hydroxyl groups excluding tert-OH is 1. The van der Waals surface area contributed by atoms with Crippen molar-refractivity contribution in [2.45, 2.75) is 38.3 Å². The molecule has 2 amide bonds. The Bertz CT molecular complexity index is 599. The molecule has 1 heterocycles. The van der Waals surface area contributed by atoms with Crippen LogP contribution in [0.3, 0.4) is 0 Å². The normalized spacial score (nSPS) is 28.7. The summed E-state index contributed by atoms with van der Waals surface area (Å²) in [5.41, 5.74) is 2.42. The molecule has 1 aromatic carbocycles. The first-order valence-electron chi connectivity index (χ1n) is 9.17. The van der Waals surface area contributed by atoms with Crippen molar-refractivity contribution in [2.75, 3.05) is 19.8 Å². The number of rotatable bonds is 5.